The summed E-state index contributed by atoms with van der Waals surface area (Å²) in [6.07, 6.45) is 0.941. The molecular weight excluding hydrogens is 250 g/mol. The maximum Gasteiger partial charge on any atom is 0.134 e. The molecule has 3 N–H and O–H groups in total. The second-order valence-electron chi connectivity index (χ2n) is 5.22. The van der Waals surface area contributed by atoms with Crippen LogP contribution >= 0.6 is 0 Å². The molecule has 1 unspecified atom stereocenters. The molecule has 20 heavy (non-hydrogen) atoms. The van der Waals surface area contributed by atoms with Crippen molar-refractivity contribution in [3.63, 3.8) is 0 Å². The minimum absolute atomic E-state index is 0.0586. The molecule has 4 heteroatoms. The van der Waals surface area contributed by atoms with Gasteiger partial charge in [0.15, 0.2) is 0 Å². The molecular formula is C16H25N3O. The zero-order chi connectivity index (χ0) is 14.5. The van der Waals surface area contributed by atoms with Crippen molar-refractivity contribution >= 4 is 11.0 Å². The van der Waals surface area contributed by atoms with Gasteiger partial charge in [0.1, 0.15) is 11.3 Å². The summed E-state index contributed by atoms with van der Waals surface area (Å²) in [5.74, 6) is 6.61. The van der Waals surface area contributed by atoms with Gasteiger partial charge in [-0.25, -0.2) is 5.43 Å². The number of nitrogens with zero attached hydrogens (tertiary/aromatic N) is 1. The standard InChI is InChI=1S/C16H25N3O/c1-4-19(5-2)9-8-14(18-17)16-11-13-10-12(3)6-7-15(13)20-16/h6-7,10-11,14,18H,4-5,8-9,17H2,1-3H3. The Bertz CT molecular complexity index is 546. The van der Waals surface area contributed by atoms with Gasteiger partial charge in [-0.1, -0.05) is 25.5 Å². The highest BCUT2D eigenvalue weighted by Gasteiger charge is 2.16. The Morgan fingerprint density at radius 1 is 1.25 bits per heavy atom. The van der Waals surface area contributed by atoms with Gasteiger partial charge < -0.3 is 9.32 Å². The Morgan fingerprint density at radius 3 is 2.65 bits per heavy atom. The third kappa shape index (κ3) is 3.39. The smallest absolute Gasteiger partial charge is 0.134 e. The Kier molecular flexibility index (Phi) is 5.17. The highest BCUT2D eigenvalue weighted by molar-refractivity contribution is 5.78. The number of furan rings is 1. The number of benzene rings is 1. The van der Waals surface area contributed by atoms with E-state index < -0.39 is 0 Å². The number of nitrogens with one attached hydrogen (secondary N) is 1. The van der Waals surface area contributed by atoms with E-state index in [9.17, 15) is 0 Å². The minimum Gasteiger partial charge on any atom is -0.459 e. The average Bonchev–Trinajstić information content (AvgIpc) is 2.86. The van der Waals surface area contributed by atoms with E-state index in [4.69, 9.17) is 10.3 Å². The van der Waals surface area contributed by atoms with E-state index in [1.54, 1.807) is 0 Å². The van der Waals surface area contributed by atoms with E-state index in [1.807, 2.05) is 6.07 Å². The van der Waals surface area contributed by atoms with Crippen LogP contribution in [0.3, 0.4) is 0 Å². The van der Waals surface area contributed by atoms with Gasteiger partial charge in [0.2, 0.25) is 0 Å². The number of rotatable bonds is 7. The molecule has 0 aliphatic rings. The predicted molar refractivity (Wildman–Crippen MR) is 83.4 cm³/mol. The van der Waals surface area contributed by atoms with E-state index in [-0.39, 0.29) is 6.04 Å². The maximum absolute atomic E-state index is 5.91. The third-order valence-electron chi connectivity index (χ3n) is 3.86. The van der Waals surface area contributed by atoms with Crippen molar-refractivity contribution in [3.8, 4) is 0 Å². The van der Waals surface area contributed by atoms with Crippen molar-refractivity contribution in [2.24, 2.45) is 5.84 Å². The van der Waals surface area contributed by atoms with E-state index in [1.165, 1.54) is 5.56 Å². The lowest BCUT2D eigenvalue weighted by atomic mass is 10.1. The summed E-state index contributed by atoms with van der Waals surface area (Å²) >= 11 is 0. The van der Waals surface area contributed by atoms with Gasteiger partial charge in [-0.3, -0.25) is 5.84 Å². The molecule has 1 heterocycles. The molecule has 2 rings (SSSR count). The van der Waals surface area contributed by atoms with Gasteiger partial charge in [-0.15, -0.1) is 0 Å². The van der Waals surface area contributed by atoms with Crippen LogP contribution in [0.2, 0.25) is 0 Å². The quantitative estimate of drug-likeness (QED) is 0.602. The van der Waals surface area contributed by atoms with Crippen molar-refractivity contribution in [1.29, 1.82) is 0 Å². The molecule has 2 aromatic rings. The van der Waals surface area contributed by atoms with Crippen molar-refractivity contribution in [2.45, 2.75) is 33.2 Å². The third-order valence-corrected chi connectivity index (χ3v) is 3.86. The topological polar surface area (TPSA) is 54.4 Å². The molecule has 1 aromatic heterocycles. The summed E-state index contributed by atoms with van der Waals surface area (Å²) in [7, 11) is 0. The summed E-state index contributed by atoms with van der Waals surface area (Å²) in [6.45, 7) is 9.58. The first-order chi connectivity index (χ1) is 9.67. The van der Waals surface area contributed by atoms with E-state index in [0.717, 1.165) is 42.8 Å². The maximum atomic E-state index is 5.91. The van der Waals surface area contributed by atoms with E-state index in [0.29, 0.717) is 0 Å². The van der Waals surface area contributed by atoms with Crippen LogP contribution in [0.5, 0.6) is 0 Å². The molecule has 0 radical (unpaired) electrons. The molecule has 0 saturated heterocycles. The number of nitrogens with two attached hydrogens (primary N) is 1. The number of fused-ring (bicyclic) bond motifs is 1. The summed E-state index contributed by atoms with van der Waals surface area (Å²) in [4.78, 5) is 2.39. The number of hydrazine groups is 1. The molecule has 110 valence electrons. The van der Waals surface area contributed by atoms with Gasteiger partial charge in [0, 0.05) is 11.9 Å². The molecule has 4 nitrogen and oxygen atoms in total. The fraction of sp³-hybridized carbons (Fsp3) is 0.500. The first-order valence-corrected chi connectivity index (χ1v) is 7.36. The van der Waals surface area contributed by atoms with Crippen LogP contribution in [0.1, 0.15) is 37.6 Å². The monoisotopic (exact) mass is 275 g/mol. The fourth-order valence-corrected chi connectivity index (χ4v) is 2.51. The zero-order valence-electron chi connectivity index (χ0n) is 12.6. The van der Waals surface area contributed by atoms with Crippen LogP contribution in [0.4, 0.5) is 0 Å². The second-order valence-corrected chi connectivity index (χ2v) is 5.22. The number of hydrogen-bond donors (Lipinski definition) is 2. The van der Waals surface area contributed by atoms with Crippen LogP contribution in [0.25, 0.3) is 11.0 Å². The summed E-state index contributed by atoms with van der Waals surface area (Å²) in [5.41, 5.74) is 5.04. The largest absolute Gasteiger partial charge is 0.459 e. The molecule has 0 bridgehead atoms. The van der Waals surface area contributed by atoms with Gasteiger partial charge in [-0.05, 0) is 44.6 Å². The molecule has 0 saturated carbocycles. The van der Waals surface area contributed by atoms with Crippen LogP contribution in [-0.2, 0) is 0 Å². The predicted octanol–water partition coefficient (Wildman–Crippen LogP) is 2.98. The van der Waals surface area contributed by atoms with Crippen LogP contribution < -0.4 is 11.3 Å². The van der Waals surface area contributed by atoms with Crippen LogP contribution in [-0.4, -0.2) is 24.5 Å². The molecule has 1 atom stereocenters. The van der Waals surface area contributed by atoms with Crippen molar-refractivity contribution in [3.05, 3.63) is 35.6 Å². The lowest BCUT2D eigenvalue weighted by Gasteiger charge is -2.21. The molecule has 1 aromatic carbocycles. The Hall–Kier alpha value is -1.36. The first kappa shape index (κ1) is 15.0. The van der Waals surface area contributed by atoms with Crippen molar-refractivity contribution in [1.82, 2.24) is 10.3 Å². The Morgan fingerprint density at radius 2 is 2.00 bits per heavy atom. The van der Waals surface area contributed by atoms with Gasteiger partial charge in [-0.2, -0.15) is 0 Å². The number of hydrogen-bond acceptors (Lipinski definition) is 4. The van der Waals surface area contributed by atoms with Gasteiger partial charge >= 0.3 is 0 Å². The Labute approximate surface area is 120 Å². The Balaban J connectivity index is 2.12. The van der Waals surface area contributed by atoms with Crippen molar-refractivity contribution in [2.75, 3.05) is 19.6 Å². The minimum atomic E-state index is 0.0586. The van der Waals surface area contributed by atoms with Crippen LogP contribution in [0, 0.1) is 6.92 Å². The highest BCUT2D eigenvalue weighted by atomic mass is 16.3. The lowest BCUT2D eigenvalue weighted by molar-refractivity contribution is 0.273. The summed E-state index contributed by atoms with van der Waals surface area (Å²) in [5, 5.41) is 1.14. The first-order valence-electron chi connectivity index (χ1n) is 7.36. The number of aryl methyl sites for hydroxylation is 1. The summed E-state index contributed by atoms with van der Waals surface area (Å²) in [6, 6.07) is 8.38. The van der Waals surface area contributed by atoms with Crippen LogP contribution in [0.15, 0.2) is 28.7 Å². The normalized spacial score (nSPS) is 13.2. The molecule has 0 fully saturated rings. The van der Waals surface area contributed by atoms with Gasteiger partial charge in [0.05, 0.1) is 6.04 Å². The SMILES string of the molecule is CCN(CC)CCC(NN)c1cc2cc(C)ccc2o1. The average molecular weight is 275 g/mol. The van der Waals surface area contributed by atoms with E-state index >= 15 is 0 Å². The molecule has 0 amide bonds. The fourth-order valence-electron chi connectivity index (χ4n) is 2.51. The second kappa shape index (κ2) is 6.88. The van der Waals surface area contributed by atoms with Gasteiger partial charge in [0.25, 0.3) is 0 Å². The molecule has 0 aliphatic carbocycles. The van der Waals surface area contributed by atoms with Crippen molar-refractivity contribution < 1.29 is 4.42 Å². The highest BCUT2D eigenvalue weighted by Crippen LogP contribution is 2.26. The van der Waals surface area contributed by atoms with E-state index in [2.05, 4.69) is 49.3 Å². The summed E-state index contributed by atoms with van der Waals surface area (Å²) < 4.78 is 5.91. The molecule has 0 spiro atoms. The zero-order valence-corrected chi connectivity index (χ0v) is 12.6. The molecule has 0 aliphatic heterocycles. The lowest BCUT2D eigenvalue weighted by Crippen LogP contribution is -2.32.